The third kappa shape index (κ3) is 5.24. The fraction of sp³-hybridized carbons (Fsp3) is 1.00. The van der Waals surface area contributed by atoms with Gasteiger partial charge in [-0.2, -0.15) is 0 Å². The number of nitrogens with one attached hydrogen (secondary N) is 1. The molecule has 0 aromatic rings. The highest BCUT2D eigenvalue weighted by atomic mass is 16.5. The first kappa shape index (κ1) is 11.0. The van der Waals surface area contributed by atoms with E-state index in [1.807, 2.05) is 0 Å². The minimum absolute atomic E-state index is 0.265. The highest BCUT2D eigenvalue weighted by Gasteiger charge is 2.12. The summed E-state index contributed by atoms with van der Waals surface area (Å²) in [6.45, 7) is 8.74. The lowest BCUT2D eigenvalue weighted by Gasteiger charge is -2.23. The molecular formula is C10H21NO2. The van der Waals surface area contributed by atoms with Crippen molar-refractivity contribution in [3.05, 3.63) is 0 Å². The normalized spacial score (nSPS) is 23.8. The summed E-state index contributed by atoms with van der Waals surface area (Å²) in [5.41, 5.74) is 0. The van der Waals surface area contributed by atoms with Gasteiger partial charge in [-0.3, -0.25) is 0 Å². The summed E-state index contributed by atoms with van der Waals surface area (Å²) in [5.74, 6) is 0.727. The molecule has 1 aliphatic rings. The SMILES string of the molecule is CC(C)CCOCC1CNCCO1. The van der Waals surface area contributed by atoms with Crippen molar-refractivity contribution < 1.29 is 9.47 Å². The van der Waals surface area contributed by atoms with Crippen molar-refractivity contribution in [3.63, 3.8) is 0 Å². The minimum Gasteiger partial charge on any atom is -0.379 e. The van der Waals surface area contributed by atoms with Gasteiger partial charge in [0.05, 0.1) is 19.3 Å². The molecule has 1 atom stereocenters. The number of hydrogen-bond acceptors (Lipinski definition) is 3. The predicted molar refractivity (Wildman–Crippen MR) is 52.9 cm³/mol. The highest BCUT2D eigenvalue weighted by Crippen LogP contribution is 2.01. The van der Waals surface area contributed by atoms with E-state index in [9.17, 15) is 0 Å². The molecule has 0 aromatic heterocycles. The van der Waals surface area contributed by atoms with Crippen LogP contribution in [0.1, 0.15) is 20.3 Å². The van der Waals surface area contributed by atoms with Gasteiger partial charge in [0.15, 0.2) is 0 Å². The Bertz CT molecular complexity index is 122. The monoisotopic (exact) mass is 187 g/mol. The fourth-order valence-corrected chi connectivity index (χ4v) is 1.26. The zero-order chi connectivity index (χ0) is 9.52. The van der Waals surface area contributed by atoms with Crippen LogP contribution in [-0.2, 0) is 9.47 Å². The van der Waals surface area contributed by atoms with Crippen molar-refractivity contribution in [2.75, 3.05) is 32.9 Å². The van der Waals surface area contributed by atoms with Gasteiger partial charge in [0.2, 0.25) is 0 Å². The summed E-state index contributed by atoms with van der Waals surface area (Å²) in [5, 5.41) is 3.28. The van der Waals surface area contributed by atoms with Crippen molar-refractivity contribution in [2.24, 2.45) is 5.92 Å². The molecule has 1 rings (SSSR count). The van der Waals surface area contributed by atoms with E-state index in [1.54, 1.807) is 0 Å². The Morgan fingerprint density at radius 2 is 2.38 bits per heavy atom. The Balaban J connectivity index is 1.92. The summed E-state index contributed by atoms with van der Waals surface area (Å²) >= 11 is 0. The van der Waals surface area contributed by atoms with Crippen LogP contribution in [0, 0.1) is 5.92 Å². The maximum absolute atomic E-state index is 5.52. The standard InChI is InChI=1S/C10H21NO2/c1-9(2)3-5-12-8-10-7-11-4-6-13-10/h9-11H,3-8H2,1-2H3. The number of rotatable bonds is 5. The third-order valence-electron chi connectivity index (χ3n) is 2.15. The largest absolute Gasteiger partial charge is 0.379 e. The van der Waals surface area contributed by atoms with Crippen LogP contribution >= 0.6 is 0 Å². The fourth-order valence-electron chi connectivity index (χ4n) is 1.26. The molecule has 0 spiro atoms. The maximum atomic E-state index is 5.52. The van der Waals surface area contributed by atoms with E-state index in [0.717, 1.165) is 45.2 Å². The van der Waals surface area contributed by atoms with Crippen molar-refractivity contribution in [3.8, 4) is 0 Å². The van der Waals surface area contributed by atoms with Crippen LogP contribution < -0.4 is 5.32 Å². The van der Waals surface area contributed by atoms with Gasteiger partial charge in [-0.25, -0.2) is 0 Å². The Labute approximate surface area is 80.8 Å². The van der Waals surface area contributed by atoms with E-state index in [2.05, 4.69) is 19.2 Å². The molecule has 1 saturated heterocycles. The van der Waals surface area contributed by atoms with Crippen molar-refractivity contribution in [2.45, 2.75) is 26.4 Å². The summed E-state index contributed by atoms with van der Waals surface area (Å²) in [6, 6.07) is 0. The Morgan fingerprint density at radius 3 is 3.00 bits per heavy atom. The molecule has 1 fully saturated rings. The second kappa shape index (κ2) is 6.35. The van der Waals surface area contributed by atoms with E-state index in [-0.39, 0.29) is 6.10 Å². The molecular weight excluding hydrogens is 166 g/mol. The second-order valence-electron chi connectivity index (χ2n) is 3.95. The summed E-state index contributed by atoms with van der Waals surface area (Å²) in [7, 11) is 0. The molecule has 1 aliphatic heterocycles. The van der Waals surface area contributed by atoms with Gasteiger partial charge in [0.25, 0.3) is 0 Å². The Kier molecular flexibility index (Phi) is 5.35. The van der Waals surface area contributed by atoms with E-state index < -0.39 is 0 Å². The van der Waals surface area contributed by atoms with Crippen LogP contribution in [-0.4, -0.2) is 39.0 Å². The van der Waals surface area contributed by atoms with Crippen molar-refractivity contribution in [1.82, 2.24) is 5.32 Å². The average Bonchev–Trinajstić information content (AvgIpc) is 2.14. The molecule has 0 saturated carbocycles. The summed E-state index contributed by atoms with van der Waals surface area (Å²) in [6.07, 6.45) is 1.40. The molecule has 0 radical (unpaired) electrons. The quantitative estimate of drug-likeness (QED) is 0.652. The van der Waals surface area contributed by atoms with Gasteiger partial charge in [0.1, 0.15) is 0 Å². The Hall–Kier alpha value is -0.120. The molecule has 0 amide bonds. The van der Waals surface area contributed by atoms with Crippen LogP contribution in [0.5, 0.6) is 0 Å². The molecule has 0 aliphatic carbocycles. The van der Waals surface area contributed by atoms with Gasteiger partial charge >= 0.3 is 0 Å². The topological polar surface area (TPSA) is 30.5 Å². The van der Waals surface area contributed by atoms with Crippen LogP contribution in [0.25, 0.3) is 0 Å². The van der Waals surface area contributed by atoms with Crippen LogP contribution in [0.2, 0.25) is 0 Å². The highest BCUT2D eigenvalue weighted by molar-refractivity contribution is 4.65. The lowest BCUT2D eigenvalue weighted by Crippen LogP contribution is -2.41. The van der Waals surface area contributed by atoms with Gasteiger partial charge < -0.3 is 14.8 Å². The molecule has 78 valence electrons. The van der Waals surface area contributed by atoms with Crippen LogP contribution in [0.15, 0.2) is 0 Å². The maximum Gasteiger partial charge on any atom is 0.0933 e. The van der Waals surface area contributed by atoms with E-state index in [1.165, 1.54) is 0 Å². The number of hydrogen-bond donors (Lipinski definition) is 1. The van der Waals surface area contributed by atoms with Crippen LogP contribution in [0.3, 0.4) is 0 Å². The average molecular weight is 187 g/mol. The minimum atomic E-state index is 0.265. The van der Waals surface area contributed by atoms with E-state index in [0.29, 0.717) is 0 Å². The molecule has 1 unspecified atom stereocenters. The van der Waals surface area contributed by atoms with Crippen molar-refractivity contribution >= 4 is 0 Å². The summed E-state index contributed by atoms with van der Waals surface area (Å²) in [4.78, 5) is 0. The molecule has 1 heterocycles. The van der Waals surface area contributed by atoms with E-state index in [4.69, 9.17) is 9.47 Å². The first-order chi connectivity index (χ1) is 6.29. The third-order valence-corrected chi connectivity index (χ3v) is 2.15. The van der Waals surface area contributed by atoms with Gasteiger partial charge in [-0.05, 0) is 12.3 Å². The number of ether oxygens (including phenoxy) is 2. The predicted octanol–water partition coefficient (Wildman–Crippen LogP) is 1.04. The smallest absolute Gasteiger partial charge is 0.0933 e. The van der Waals surface area contributed by atoms with Gasteiger partial charge in [0, 0.05) is 19.7 Å². The lowest BCUT2D eigenvalue weighted by atomic mass is 10.1. The molecule has 0 aromatic carbocycles. The van der Waals surface area contributed by atoms with Gasteiger partial charge in [-0.1, -0.05) is 13.8 Å². The van der Waals surface area contributed by atoms with Gasteiger partial charge in [-0.15, -0.1) is 0 Å². The molecule has 0 bridgehead atoms. The second-order valence-corrected chi connectivity index (χ2v) is 3.95. The van der Waals surface area contributed by atoms with Crippen molar-refractivity contribution in [1.29, 1.82) is 0 Å². The summed E-state index contributed by atoms with van der Waals surface area (Å²) < 4.78 is 11.0. The molecule has 13 heavy (non-hydrogen) atoms. The number of morpholine rings is 1. The molecule has 1 N–H and O–H groups in total. The molecule has 3 heteroatoms. The molecule has 3 nitrogen and oxygen atoms in total. The first-order valence-corrected chi connectivity index (χ1v) is 5.19. The van der Waals surface area contributed by atoms with E-state index >= 15 is 0 Å². The van der Waals surface area contributed by atoms with Crippen LogP contribution in [0.4, 0.5) is 0 Å². The lowest BCUT2D eigenvalue weighted by molar-refractivity contribution is -0.0329. The first-order valence-electron chi connectivity index (χ1n) is 5.19. The zero-order valence-corrected chi connectivity index (χ0v) is 8.71. The zero-order valence-electron chi connectivity index (χ0n) is 8.71. The Morgan fingerprint density at radius 1 is 1.54 bits per heavy atom.